The van der Waals surface area contributed by atoms with Crippen LogP contribution in [0.2, 0.25) is 0 Å². The van der Waals surface area contributed by atoms with Gasteiger partial charge < -0.3 is 9.30 Å². The molecule has 0 fully saturated rings. The number of hydrogen-bond donors (Lipinski definition) is 0. The van der Waals surface area contributed by atoms with Gasteiger partial charge in [0.2, 0.25) is 5.56 Å². The van der Waals surface area contributed by atoms with Crippen molar-refractivity contribution in [1.82, 2.24) is 4.57 Å². The van der Waals surface area contributed by atoms with Crippen molar-refractivity contribution in [3.63, 3.8) is 0 Å². The molecule has 3 nitrogen and oxygen atoms in total. The second kappa shape index (κ2) is 9.91. The molecule has 0 amide bonds. The topological polar surface area (TPSA) is 31.2 Å². The van der Waals surface area contributed by atoms with Crippen LogP contribution in [-0.4, -0.2) is 23.2 Å². The summed E-state index contributed by atoms with van der Waals surface area (Å²) in [5, 5.41) is 0. The Morgan fingerprint density at radius 3 is 2.57 bits per heavy atom. The van der Waals surface area contributed by atoms with Crippen molar-refractivity contribution in [1.29, 1.82) is 0 Å². The van der Waals surface area contributed by atoms with E-state index in [0.717, 1.165) is 4.57 Å². The molecule has 0 bridgehead atoms. The van der Waals surface area contributed by atoms with E-state index >= 15 is 0 Å². The average molecular weight is 478 g/mol. The predicted molar refractivity (Wildman–Crippen MR) is 87.7 cm³/mol. The Hall–Kier alpha value is -0.236. The van der Waals surface area contributed by atoms with Crippen molar-refractivity contribution in [2.75, 3.05) is 12.2 Å². The molecular weight excluding hydrogens is 465 g/mol. The van der Waals surface area contributed by atoms with Gasteiger partial charge in [0.1, 0.15) is 11.7 Å². The SMILES string of the molecule is CSCOc1ccc(-c2[c-]cc(Br)c(=O)n2CC(F)F)cc1.[Y]. The molecule has 0 saturated carbocycles. The summed E-state index contributed by atoms with van der Waals surface area (Å²) >= 11 is 4.60. The monoisotopic (exact) mass is 477 g/mol. The van der Waals surface area contributed by atoms with E-state index in [1.165, 1.54) is 6.07 Å². The molecule has 2 rings (SSSR count). The zero-order valence-corrected chi connectivity index (χ0v) is 17.5. The first-order valence-electron chi connectivity index (χ1n) is 6.34. The molecule has 0 aliphatic rings. The van der Waals surface area contributed by atoms with Gasteiger partial charge in [-0.2, -0.15) is 12.1 Å². The molecule has 121 valence electrons. The minimum absolute atomic E-state index is 0. The van der Waals surface area contributed by atoms with Gasteiger partial charge in [0.25, 0.3) is 6.43 Å². The van der Waals surface area contributed by atoms with Crippen LogP contribution in [0, 0.1) is 6.07 Å². The number of aromatic nitrogens is 1. The maximum Gasteiger partial charge on any atom is 0.256 e. The minimum atomic E-state index is -2.62. The number of alkyl halides is 2. The third-order valence-corrected chi connectivity index (χ3v) is 3.77. The van der Waals surface area contributed by atoms with E-state index in [2.05, 4.69) is 22.0 Å². The van der Waals surface area contributed by atoms with Gasteiger partial charge in [-0.25, -0.2) is 8.78 Å². The smallest absolute Gasteiger partial charge is 0.256 e. The zero-order chi connectivity index (χ0) is 16.1. The van der Waals surface area contributed by atoms with E-state index in [1.807, 2.05) is 6.26 Å². The Morgan fingerprint density at radius 2 is 2.00 bits per heavy atom. The van der Waals surface area contributed by atoms with Gasteiger partial charge >= 0.3 is 0 Å². The maximum atomic E-state index is 12.7. The molecule has 0 spiro atoms. The number of benzene rings is 1. The molecule has 0 unspecified atom stereocenters. The number of ether oxygens (including phenoxy) is 1. The van der Waals surface area contributed by atoms with Crippen molar-refractivity contribution in [2.45, 2.75) is 13.0 Å². The molecule has 2 aromatic rings. The molecule has 0 aliphatic heterocycles. The number of nitrogens with zero attached hydrogens (tertiary/aromatic N) is 1. The van der Waals surface area contributed by atoms with Crippen LogP contribution in [0.25, 0.3) is 11.3 Å². The zero-order valence-electron chi connectivity index (χ0n) is 12.3. The van der Waals surface area contributed by atoms with Crippen molar-refractivity contribution in [3.8, 4) is 17.0 Å². The fraction of sp³-hybridized carbons (Fsp3) is 0.267. The fourth-order valence-corrected chi connectivity index (χ4v) is 2.47. The number of rotatable bonds is 6. The largest absolute Gasteiger partial charge is 0.483 e. The Bertz CT molecular complexity index is 695. The molecule has 0 atom stereocenters. The molecule has 1 aromatic carbocycles. The quantitative estimate of drug-likeness (QED) is 0.464. The van der Waals surface area contributed by atoms with Crippen molar-refractivity contribution in [3.05, 3.63) is 51.2 Å². The van der Waals surface area contributed by atoms with E-state index in [4.69, 9.17) is 4.74 Å². The van der Waals surface area contributed by atoms with Gasteiger partial charge in [-0.1, -0.05) is 11.3 Å². The molecule has 23 heavy (non-hydrogen) atoms. The molecule has 0 saturated heterocycles. The Morgan fingerprint density at radius 1 is 1.35 bits per heavy atom. The first-order valence-corrected chi connectivity index (χ1v) is 8.53. The number of halogens is 3. The third kappa shape index (κ3) is 5.66. The van der Waals surface area contributed by atoms with Crippen LogP contribution in [0.5, 0.6) is 5.75 Å². The van der Waals surface area contributed by atoms with E-state index < -0.39 is 18.5 Å². The molecule has 8 heteroatoms. The summed E-state index contributed by atoms with van der Waals surface area (Å²) in [7, 11) is 0. The molecule has 1 radical (unpaired) electrons. The summed E-state index contributed by atoms with van der Waals surface area (Å²) in [6, 6.07) is 11.2. The first-order chi connectivity index (χ1) is 10.5. The van der Waals surface area contributed by atoms with Crippen molar-refractivity contribution >= 4 is 27.7 Å². The van der Waals surface area contributed by atoms with Crippen LogP contribution in [-0.2, 0) is 39.3 Å². The Balaban J connectivity index is 0.00000264. The summed E-state index contributed by atoms with van der Waals surface area (Å²) in [5.41, 5.74) is 0.448. The molecule has 1 aromatic heterocycles. The summed E-state index contributed by atoms with van der Waals surface area (Å²) < 4.78 is 32.1. The van der Waals surface area contributed by atoms with Gasteiger partial charge in [0, 0.05) is 32.7 Å². The summed E-state index contributed by atoms with van der Waals surface area (Å²) in [4.78, 5) is 12.0. The molecule has 1 heterocycles. The van der Waals surface area contributed by atoms with Gasteiger partial charge in [0.05, 0.1) is 6.54 Å². The predicted octanol–water partition coefficient (Wildman–Crippen LogP) is 4.04. The van der Waals surface area contributed by atoms with E-state index in [0.29, 0.717) is 22.9 Å². The number of pyridine rings is 1. The second-order valence-corrected chi connectivity index (χ2v) is 6.03. The average Bonchev–Trinajstić information content (AvgIpc) is 2.50. The third-order valence-electron chi connectivity index (χ3n) is 2.85. The van der Waals surface area contributed by atoms with Crippen molar-refractivity contribution in [2.24, 2.45) is 0 Å². The Labute approximate surface area is 170 Å². The second-order valence-electron chi connectivity index (χ2n) is 4.37. The van der Waals surface area contributed by atoms with Gasteiger partial charge in [-0.05, 0) is 22.9 Å². The number of thioether (sulfide) groups is 1. The summed E-state index contributed by atoms with van der Waals surface area (Å²) in [6.45, 7) is -0.672. The van der Waals surface area contributed by atoms with Crippen LogP contribution >= 0.6 is 27.7 Å². The van der Waals surface area contributed by atoms with Crippen LogP contribution in [0.3, 0.4) is 0 Å². The normalized spacial score (nSPS) is 10.5. The van der Waals surface area contributed by atoms with E-state index in [9.17, 15) is 13.6 Å². The van der Waals surface area contributed by atoms with Crippen LogP contribution in [0.4, 0.5) is 8.78 Å². The standard InChI is InChI=1S/C15H13BrF2NO2S.Y/c1-22-9-21-11-4-2-10(3-5-11)13-7-6-12(16)15(20)19(13)8-14(17)18;/h2-6,14H,8-9H2,1H3;/q-1;. The van der Waals surface area contributed by atoms with Crippen LogP contribution in [0.1, 0.15) is 0 Å². The molecule has 0 aliphatic carbocycles. The molecular formula is C15H13BrF2NO2SY-. The Kier molecular flexibility index (Phi) is 8.97. The van der Waals surface area contributed by atoms with Gasteiger partial charge in [-0.3, -0.25) is 4.79 Å². The molecule has 0 N–H and O–H groups in total. The first kappa shape index (κ1) is 20.8. The van der Waals surface area contributed by atoms with Gasteiger partial charge in [0.15, 0.2) is 0 Å². The fourth-order valence-electron chi connectivity index (χ4n) is 1.89. The summed E-state index contributed by atoms with van der Waals surface area (Å²) in [5.74, 6) is 1.21. The minimum Gasteiger partial charge on any atom is -0.483 e. The number of hydrogen-bond acceptors (Lipinski definition) is 3. The summed E-state index contributed by atoms with van der Waals surface area (Å²) in [6.07, 6.45) is -0.697. The van der Waals surface area contributed by atoms with E-state index in [1.54, 1.807) is 36.0 Å². The van der Waals surface area contributed by atoms with Gasteiger partial charge in [-0.15, -0.1) is 39.8 Å². The van der Waals surface area contributed by atoms with Crippen molar-refractivity contribution < 1.29 is 46.2 Å². The van der Waals surface area contributed by atoms with Crippen LogP contribution < -0.4 is 10.3 Å². The maximum absolute atomic E-state index is 12.7. The van der Waals surface area contributed by atoms with Crippen LogP contribution in [0.15, 0.2) is 39.6 Å². The van der Waals surface area contributed by atoms with E-state index in [-0.39, 0.29) is 37.2 Å².